The van der Waals surface area contributed by atoms with Gasteiger partial charge in [-0.1, -0.05) is 26.0 Å². The number of benzene rings is 1. The first-order valence-corrected chi connectivity index (χ1v) is 7.17. The van der Waals surface area contributed by atoms with Gasteiger partial charge in [0.15, 0.2) is 0 Å². The van der Waals surface area contributed by atoms with Crippen molar-refractivity contribution < 1.29 is 9.59 Å². The summed E-state index contributed by atoms with van der Waals surface area (Å²) in [6, 6.07) is 5.79. The maximum atomic E-state index is 12.1. The summed E-state index contributed by atoms with van der Waals surface area (Å²) < 4.78 is 0. The molecular weight excluding hydrogens is 252 g/mol. The third-order valence-electron chi connectivity index (χ3n) is 3.11. The smallest absolute Gasteiger partial charge is 0.313 e. The molecule has 0 spiro atoms. The van der Waals surface area contributed by atoms with E-state index in [9.17, 15) is 9.59 Å². The number of nitrogens with one attached hydrogen (secondary N) is 1. The quantitative estimate of drug-likeness (QED) is 0.841. The van der Waals surface area contributed by atoms with Crippen LogP contribution in [0, 0.1) is 13.8 Å². The van der Waals surface area contributed by atoms with E-state index in [1.54, 1.807) is 4.90 Å². The number of carbonyl (C=O) groups is 2. The average Bonchev–Trinajstić information content (AvgIpc) is 2.41. The van der Waals surface area contributed by atoms with Gasteiger partial charge < -0.3 is 10.2 Å². The molecule has 0 fully saturated rings. The first-order chi connectivity index (χ1) is 9.49. The molecule has 4 nitrogen and oxygen atoms in total. The van der Waals surface area contributed by atoms with Crippen LogP contribution in [0.1, 0.15) is 37.8 Å². The van der Waals surface area contributed by atoms with Crippen LogP contribution in [0.5, 0.6) is 0 Å². The van der Waals surface area contributed by atoms with Gasteiger partial charge in [-0.2, -0.15) is 0 Å². The van der Waals surface area contributed by atoms with Crippen molar-refractivity contribution in [2.24, 2.45) is 0 Å². The summed E-state index contributed by atoms with van der Waals surface area (Å²) in [5.74, 6) is -1.00. The Bertz CT molecular complexity index is 477. The van der Waals surface area contributed by atoms with Crippen LogP contribution in [-0.2, 0) is 9.59 Å². The summed E-state index contributed by atoms with van der Waals surface area (Å²) >= 11 is 0. The predicted molar refractivity (Wildman–Crippen MR) is 81.7 cm³/mol. The minimum Gasteiger partial charge on any atom is -0.334 e. The Labute approximate surface area is 121 Å². The number of aryl methyl sites for hydroxylation is 2. The van der Waals surface area contributed by atoms with Gasteiger partial charge in [-0.05, 0) is 43.9 Å². The van der Waals surface area contributed by atoms with Crippen molar-refractivity contribution in [2.45, 2.75) is 40.5 Å². The van der Waals surface area contributed by atoms with Gasteiger partial charge in [0, 0.05) is 18.8 Å². The summed E-state index contributed by atoms with van der Waals surface area (Å²) in [6.07, 6.45) is 1.70. The van der Waals surface area contributed by atoms with E-state index in [4.69, 9.17) is 0 Å². The van der Waals surface area contributed by atoms with Crippen molar-refractivity contribution in [1.82, 2.24) is 4.90 Å². The van der Waals surface area contributed by atoms with Crippen LogP contribution < -0.4 is 5.32 Å². The van der Waals surface area contributed by atoms with Gasteiger partial charge in [-0.15, -0.1) is 0 Å². The van der Waals surface area contributed by atoms with Gasteiger partial charge in [0.05, 0.1) is 0 Å². The molecule has 0 radical (unpaired) electrons. The van der Waals surface area contributed by atoms with Gasteiger partial charge in [0.2, 0.25) is 0 Å². The predicted octanol–water partition coefficient (Wildman–Crippen LogP) is 2.89. The third kappa shape index (κ3) is 4.37. The largest absolute Gasteiger partial charge is 0.334 e. The second-order valence-electron chi connectivity index (χ2n) is 5.06. The molecule has 0 unspecified atom stereocenters. The molecule has 110 valence electrons. The van der Waals surface area contributed by atoms with Crippen molar-refractivity contribution >= 4 is 17.5 Å². The number of amides is 2. The fourth-order valence-corrected chi connectivity index (χ4v) is 2.04. The lowest BCUT2D eigenvalue weighted by atomic mass is 10.1. The Hall–Kier alpha value is -1.84. The lowest BCUT2D eigenvalue weighted by molar-refractivity contribution is -0.143. The number of hydrogen-bond donors (Lipinski definition) is 1. The summed E-state index contributed by atoms with van der Waals surface area (Å²) in [5, 5.41) is 2.72. The van der Waals surface area contributed by atoms with E-state index >= 15 is 0 Å². The molecule has 1 aromatic carbocycles. The minimum atomic E-state index is -0.555. The second-order valence-corrected chi connectivity index (χ2v) is 5.06. The molecule has 0 heterocycles. The Morgan fingerprint density at radius 2 is 1.70 bits per heavy atom. The monoisotopic (exact) mass is 276 g/mol. The summed E-state index contributed by atoms with van der Waals surface area (Å²) in [4.78, 5) is 25.8. The summed E-state index contributed by atoms with van der Waals surface area (Å²) in [6.45, 7) is 9.10. The molecule has 0 saturated heterocycles. The highest BCUT2D eigenvalue weighted by molar-refractivity contribution is 6.39. The SMILES string of the molecule is CCCN(CCC)C(=O)C(=O)Nc1cc(C)ccc1C. The Kier molecular flexibility index (Phi) is 6.22. The van der Waals surface area contributed by atoms with Gasteiger partial charge in [-0.3, -0.25) is 9.59 Å². The molecule has 4 heteroatoms. The number of hydrogen-bond acceptors (Lipinski definition) is 2. The first-order valence-electron chi connectivity index (χ1n) is 7.17. The normalized spacial score (nSPS) is 10.2. The molecule has 20 heavy (non-hydrogen) atoms. The zero-order chi connectivity index (χ0) is 15.1. The Balaban J connectivity index is 2.78. The molecule has 0 saturated carbocycles. The molecule has 0 aliphatic rings. The van der Waals surface area contributed by atoms with E-state index in [2.05, 4.69) is 5.32 Å². The molecule has 0 aliphatic heterocycles. The first kappa shape index (κ1) is 16.2. The topological polar surface area (TPSA) is 49.4 Å². The van der Waals surface area contributed by atoms with Crippen molar-refractivity contribution in [3.63, 3.8) is 0 Å². The van der Waals surface area contributed by atoms with Crippen molar-refractivity contribution in [2.75, 3.05) is 18.4 Å². The second kappa shape index (κ2) is 7.68. The lowest BCUT2D eigenvalue weighted by Crippen LogP contribution is -2.40. The number of carbonyl (C=O) groups excluding carboxylic acids is 2. The zero-order valence-corrected chi connectivity index (χ0v) is 12.8. The molecule has 0 aliphatic carbocycles. The molecule has 0 aromatic heterocycles. The highest BCUT2D eigenvalue weighted by Gasteiger charge is 2.21. The molecule has 2 amide bonds. The van der Waals surface area contributed by atoms with Crippen LogP contribution in [0.25, 0.3) is 0 Å². The number of anilines is 1. The van der Waals surface area contributed by atoms with E-state index in [0.717, 1.165) is 24.0 Å². The summed E-state index contributed by atoms with van der Waals surface area (Å²) in [5.41, 5.74) is 2.71. The fraction of sp³-hybridized carbons (Fsp3) is 0.500. The van der Waals surface area contributed by atoms with Crippen molar-refractivity contribution in [3.05, 3.63) is 29.3 Å². The van der Waals surface area contributed by atoms with Crippen LogP contribution in [0.3, 0.4) is 0 Å². The van der Waals surface area contributed by atoms with E-state index < -0.39 is 11.8 Å². The summed E-state index contributed by atoms with van der Waals surface area (Å²) in [7, 11) is 0. The standard InChI is InChI=1S/C16H24N2O2/c1-5-9-18(10-6-2)16(20)15(19)17-14-11-12(3)7-8-13(14)4/h7-8,11H,5-6,9-10H2,1-4H3,(H,17,19). The molecular formula is C16H24N2O2. The molecule has 1 N–H and O–H groups in total. The maximum Gasteiger partial charge on any atom is 0.313 e. The van der Waals surface area contributed by atoms with Gasteiger partial charge in [-0.25, -0.2) is 0 Å². The maximum absolute atomic E-state index is 12.1. The highest BCUT2D eigenvalue weighted by atomic mass is 16.2. The van der Waals surface area contributed by atoms with Crippen molar-refractivity contribution in [3.8, 4) is 0 Å². The molecule has 0 bridgehead atoms. The van der Waals surface area contributed by atoms with E-state index in [-0.39, 0.29) is 0 Å². The van der Waals surface area contributed by atoms with Crippen molar-refractivity contribution in [1.29, 1.82) is 0 Å². The number of nitrogens with zero attached hydrogens (tertiary/aromatic N) is 1. The van der Waals surface area contributed by atoms with Gasteiger partial charge in [0.25, 0.3) is 0 Å². The van der Waals surface area contributed by atoms with Crippen LogP contribution >= 0.6 is 0 Å². The van der Waals surface area contributed by atoms with E-state index in [0.29, 0.717) is 18.8 Å². The molecule has 1 aromatic rings. The van der Waals surface area contributed by atoms with E-state index in [1.165, 1.54) is 0 Å². The van der Waals surface area contributed by atoms with Gasteiger partial charge >= 0.3 is 11.8 Å². The Morgan fingerprint density at radius 1 is 1.10 bits per heavy atom. The van der Waals surface area contributed by atoms with Crippen LogP contribution in [0.2, 0.25) is 0 Å². The number of rotatable bonds is 5. The van der Waals surface area contributed by atoms with Crippen LogP contribution in [0.4, 0.5) is 5.69 Å². The zero-order valence-electron chi connectivity index (χ0n) is 12.8. The Morgan fingerprint density at radius 3 is 2.25 bits per heavy atom. The molecule has 0 atom stereocenters. The average molecular weight is 276 g/mol. The minimum absolute atomic E-state index is 0.449. The third-order valence-corrected chi connectivity index (χ3v) is 3.11. The molecule has 1 rings (SSSR count). The van der Waals surface area contributed by atoms with Gasteiger partial charge in [0.1, 0.15) is 0 Å². The van der Waals surface area contributed by atoms with Crippen LogP contribution in [-0.4, -0.2) is 29.8 Å². The van der Waals surface area contributed by atoms with Crippen LogP contribution in [0.15, 0.2) is 18.2 Å². The van der Waals surface area contributed by atoms with E-state index in [1.807, 2.05) is 45.9 Å². The fourth-order valence-electron chi connectivity index (χ4n) is 2.04. The highest BCUT2D eigenvalue weighted by Crippen LogP contribution is 2.16. The lowest BCUT2D eigenvalue weighted by Gasteiger charge is -2.21.